The lowest BCUT2D eigenvalue weighted by atomic mass is 10.1. The Balaban J connectivity index is 2.47. The number of rotatable bonds is 1. The molecular weight excluding hydrogens is 198 g/mol. The van der Waals surface area contributed by atoms with E-state index in [9.17, 15) is 5.21 Å². The zero-order valence-corrected chi connectivity index (χ0v) is 9.23. The van der Waals surface area contributed by atoms with Crippen LogP contribution in [0.25, 0.3) is 10.9 Å². The van der Waals surface area contributed by atoms with Crippen molar-refractivity contribution in [2.24, 2.45) is 0 Å². The summed E-state index contributed by atoms with van der Waals surface area (Å²) in [6, 6.07) is 9.47. The van der Waals surface area contributed by atoms with Crippen molar-refractivity contribution in [1.82, 2.24) is 0 Å². The van der Waals surface area contributed by atoms with Crippen LogP contribution in [0.15, 0.2) is 36.5 Å². The maximum absolute atomic E-state index is 11.7. The van der Waals surface area contributed by atoms with Gasteiger partial charge in [0.1, 0.15) is 0 Å². The summed E-state index contributed by atoms with van der Waals surface area (Å²) >= 11 is 0. The molecule has 0 atom stereocenters. The number of hydrogen-bond donors (Lipinski definition) is 0. The Morgan fingerprint density at radius 2 is 2.12 bits per heavy atom. The highest BCUT2D eigenvalue weighted by Gasteiger charge is 2.03. The zero-order valence-electron chi connectivity index (χ0n) is 9.23. The molecule has 0 aliphatic heterocycles. The lowest BCUT2D eigenvalue weighted by molar-refractivity contribution is -0.577. The fraction of sp³-hybridized carbons (Fsp3) is 0.214. The van der Waals surface area contributed by atoms with Crippen LogP contribution in [-0.4, -0.2) is 0 Å². The molecule has 0 saturated carbocycles. The largest absolute Gasteiger partial charge is 0.618 e. The van der Waals surface area contributed by atoms with Crippen molar-refractivity contribution in [3.05, 3.63) is 47.3 Å². The average Bonchev–Trinajstić information content (AvgIpc) is 2.30. The second-order valence-electron chi connectivity index (χ2n) is 3.67. The van der Waals surface area contributed by atoms with E-state index in [2.05, 4.69) is 18.8 Å². The molecule has 0 saturated heterocycles. The Labute approximate surface area is 95.1 Å². The van der Waals surface area contributed by atoms with Crippen LogP contribution in [0.3, 0.4) is 0 Å². The van der Waals surface area contributed by atoms with E-state index in [0.717, 1.165) is 28.5 Å². The normalized spacial score (nSPS) is 9.81. The zero-order chi connectivity index (χ0) is 11.4. The van der Waals surface area contributed by atoms with E-state index in [1.54, 1.807) is 0 Å². The third-order valence-electron chi connectivity index (χ3n) is 2.35. The van der Waals surface area contributed by atoms with Gasteiger partial charge in [-0.3, -0.25) is 0 Å². The molecular formula is C14H13NO. The third-order valence-corrected chi connectivity index (χ3v) is 2.35. The minimum atomic E-state index is 0.684. The highest BCUT2D eigenvalue weighted by atomic mass is 16.5. The Bertz CT molecular complexity index is 564. The average molecular weight is 211 g/mol. The molecule has 0 bridgehead atoms. The number of benzene rings is 1. The van der Waals surface area contributed by atoms with E-state index >= 15 is 0 Å². The summed E-state index contributed by atoms with van der Waals surface area (Å²) in [6.07, 6.45) is 3.44. The van der Waals surface area contributed by atoms with Crippen molar-refractivity contribution in [2.75, 3.05) is 0 Å². The molecule has 0 radical (unpaired) electrons. The van der Waals surface area contributed by atoms with Gasteiger partial charge < -0.3 is 5.21 Å². The molecule has 80 valence electrons. The number of aromatic nitrogens is 1. The van der Waals surface area contributed by atoms with Gasteiger partial charge in [-0.15, -0.1) is 0 Å². The van der Waals surface area contributed by atoms with Crippen molar-refractivity contribution < 1.29 is 4.73 Å². The van der Waals surface area contributed by atoms with Crippen LogP contribution < -0.4 is 4.73 Å². The van der Waals surface area contributed by atoms with Gasteiger partial charge >= 0.3 is 0 Å². The topological polar surface area (TPSA) is 26.9 Å². The molecule has 0 unspecified atom stereocenters. The van der Waals surface area contributed by atoms with Crippen molar-refractivity contribution in [1.29, 1.82) is 0 Å². The fourth-order valence-electron chi connectivity index (χ4n) is 1.57. The third kappa shape index (κ3) is 2.14. The standard InChI is InChI=1S/C14H13NO/c1-2-3-4-7-12-10-13-8-5-6-9-14(13)15(16)11-12/h5-6,8-11H,2-3H2,1H3. The predicted molar refractivity (Wildman–Crippen MR) is 64.7 cm³/mol. The molecule has 0 N–H and O–H groups in total. The predicted octanol–water partition coefficient (Wildman–Crippen LogP) is 2.62. The number of unbranched alkanes of at least 4 members (excludes halogenated alkanes) is 1. The molecule has 0 spiro atoms. The van der Waals surface area contributed by atoms with Gasteiger partial charge in [0, 0.05) is 17.9 Å². The van der Waals surface area contributed by atoms with E-state index in [-0.39, 0.29) is 0 Å². The maximum atomic E-state index is 11.7. The number of nitrogens with zero attached hydrogens (tertiary/aromatic N) is 1. The van der Waals surface area contributed by atoms with Gasteiger partial charge in [0.05, 0.1) is 5.56 Å². The summed E-state index contributed by atoms with van der Waals surface area (Å²) in [5.74, 6) is 6.05. The number of hydrogen-bond acceptors (Lipinski definition) is 1. The van der Waals surface area contributed by atoms with E-state index in [1.165, 1.54) is 6.20 Å². The molecule has 1 aromatic carbocycles. The first kappa shape index (κ1) is 10.5. The van der Waals surface area contributed by atoms with Crippen molar-refractivity contribution in [2.45, 2.75) is 19.8 Å². The van der Waals surface area contributed by atoms with Gasteiger partial charge in [0.2, 0.25) is 5.52 Å². The minimum Gasteiger partial charge on any atom is -0.618 e. The highest BCUT2D eigenvalue weighted by molar-refractivity contribution is 5.76. The smallest absolute Gasteiger partial charge is 0.223 e. The Kier molecular flexibility index (Phi) is 3.07. The molecule has 0 amide bonds. The molecule has 2 nitrogen and oxygen atoms in total. The summed E-state index contributed by atoms with van der Waals surface area (Å²) in [7, 11) is 0. The molecule has 2 heteroatoms. The highest BCUT2D eigenvalue weighted by Crippen LogP contribution is 2.10. The van der Waals surface area contributed by atoms with Gasteiger partial charge in [-0.2, -0.15) is 4.73 Å². The number of pyridine rings is 1. The van der Waals surface area contributed by atoms with E-state index in [4.69, 9.17) is 0 Å². The fourth-order valence-corrected chi connectivity index (χ4v) is 1.57. The van der Waals surface area contributed by atoms with Crippen LogP contribution in [0, 0.1) is 17.0 Å². The quantitative estimate of drug-likeness (QED) is 0.404. The van der Waals surface area contributed by atoms with Crippen molar-refractivity contribution in [3.8, 4) is 11.8 Å². The molecule has 2 rings (SSSR count). The maximum Gasteiger partial charge on any atom is 0.223 e. The van der Waals surface area contributed by atoms with E-state index in [0.29, 0.717) is 5.52 Å². The second kappa shape index (κ2) is 4.67. The summed E-state index contributed by atoms with van der Waals surface area (Å²) < 4.78 is 0.880. The van der Waals surface area contributed by atoms with E-state index < -0.39 is 0 Å². The molecule has 1 heterocycles. The van der Waals surface area contributed by atoms with Gasteiger partial charge in [-0.1, -0.05) is 30.9 Å². The number of para-hydroxylation sites is 1. The van der Waals surface area contributed by atoms with Crippen LogP contribution >= 0.6 is 0 Å². The van der Waals surface area contributed by atoms with Crippen molar-refractivity contribution >= 4 is 10.9 Å². The first-order chi connectivity index (χ1) is 7.81. The Morgan fingerprint density at radius 1 is 1.31 bits per heavy atom. The van der Waals surface area contributed by atoms with Gasteiger partial charge in [-0.05, 0) is 18.6 Å². The second-order valence-corrected chi connectivity index (χ2v) is 3.67. The van der Waals surface area contributed by atoms with Crippen LogP contribution in [0.2, 0.25) is 0 Å². The minimum absolute atomic E-state index is 0.684. The lowest BCUT2D eigenvalue weighted by Gasteiger charge is -2.01. The molecule has 0 aliphatic rings. The first-order valence-electron chi connectivity index (χ1n) is 5.42. The molecule has 0 aliphatic carbocycles. The van der Waals surface area contributed by atoms with Gasteiger partial charge in [-0.25, -0.2) is 0 Å². The Hall–Kier alpha value is -2.01. The summed E-state index contributed by atoms with van der Waals surface area (Å²) in [5, 5.41) is 12.6. The summed E-state index contributed by atoms with van der Waals surface area (Å²) in [4.78, 5) is 0. The first-order valence-corrected chi connectivity index (χ1v) is 5.42. The SMILES string of the molecule is CCCC#Cc1cc2ccccc2[n+]([O-])c1. The molecule has 16 heavy (non-hydrogen) atoms. The van der Waals surface area contributed by atoms with Gasteiger partial charge in [0.25, 0.3) is 0 Å². The van der Waals surface area contributed by atoms with Crippen LogP contribution in [0.1, 0.15) is 25.3 Å². The van der Waals surface area contributed by atoms with Crippen molar-refractivity contribution in [3.63, 3.8) is 0 Å². The van der Waals surface area contributed by atoms with Crippen LogP contribution in [0.5, 0.6) is 0 Å². The van der Waals surface area contributed by atoms with Crippen LogP contribution in [-0.2, 0) is 0 Å². The summed E-state index contributed by atoms with van der Waals surface area (Å²) in [5.41, 5.74) is 1.46. The molecule has 0 fully saturated rings. The van der Waals surface area contributed by atoms with E-state index in [1.807, 2.05) is 30.3 Å². The van der Waals surface area contributed by atoms with Gasteiger partial charge in [0.15, 0.2) is 6.20 Å². The molecule has 2 aromatic rings. The number of fused-ring (bicyclic) bond motifs is 1. The summed E-state index contributed by atoms with van der Waals surface area (Å²) in [6.45, 7) is 2.09. The van der Waals surface area contributed by atoms with Crippen LogP contribution in [0.4, 0.5) is 0 Å². The lowest BCUT2D eigenvalue weighted by Crippen LogP contribution is -2.26. The Morgan fingerprint density at radius 3 is 2.94 bits per heavy atom. The monoisotopic (exact) mass is 211 g/mol. The molecule has 1 aromatic heterocycles.